The van der Waals surface area contributed by atoms with E-state index in [0.717, 1.165) is 50.6 Å². The first-order chi connectivity index (χ1) is 18.6. The summed E-state index contributed by atoms with van der Waals surface area (Å²) in [6.07, 6.45) is 0. The average Bonchev–Trinajstić information content (AvgIpc) is 2.97. The number of pyridine rings is 2. The molecule has 0 aliphatic carbocycles. The summed E-state index contributed by atoms with van der Waals surface area (Å²) in [6, 6.07) is 38.5. The summed E-state index contributed by atoms with van der Waals surface area (Å²) in [5.74, 6) is 1.86. The van der Waals surface area contributed by atoms with Crippen LogP contribution in [0, 0.1) is 13.8 Å². The van der Waals surface area contributed by atoms with Crippen molar-refractivity contribution in [2.75, 3.05) is 0 Å². The van der Waals surface area contributed by atoms with Gasteiger partial charge in [0.05, 0.1) is 11.4 Å². The van der Waals surface area contributed by atoms with Gasteiger partial charge in [0.2, 0.25) is 0 Å². The van der Waals surface area contributed by atoms with Crippen LogP contribution in [0.15, 0.2) is 115 Å². The Labute approximate surface area is 222 Å². The summed E-state index contributed by atoms with van der Waals surface area (Å²) < 4.78 is 0. The Morgan fingerprint density at radius 1 is 0.342 bits per heavy atom. The molecule has 0 N–H and O–H groups in total. The molecule has 182 valence electrons. The Balaban J connectivity index is 1.49. The molecule has 0 saturated carbocycles. The van der Waals surface area contributed by atoms with E-state index in [1.807, 2.05) is 105 Å². The fourth-order valence-electron chi connectivity index (χ4n) is 4.39. The van der Waals surface area contributed by atoms with Gasteiger partial charge >= 0.3 is 0 Å². The molecule has 6 rings (SSSR count). The highest BCUT2D eigenvalue weighted by Gasteiger charge is 2.14. The van der Waals surface area contributed by atoms with E-state index in [1.54, 1.807) is 0 Å². The maximum Gasteiger partial charge on any atom is 0.164 e. The van der Waals surface area contributed by atoms with Gasteiger partial charge in [0, 0.05) is 39.2 Å². The quantitative estimate of drug-likeness (QED) is 0.248. The maximum absolute atomic E-state index is 4.94. The van der Waals surface area contributed by atoms with Gasteiger partial charge in [0.15, 0.2) is 17.5 Å². The Morgan fingerprint density at radius 3 is 1.21 bits per heavy atom. The largest absolute Gasteiger partial charge is 0.253 e. The molecular formula is C33H25N5. The van der Waals surface area contributed by atoms with Gasteiger partial charge in [0.1, 0.15) is 0 Å². The lowest BCUT2D eigenvalue weighted by Crippen LogP contribution is -2.00. The van der Waals surface area contributed by atoms with Crippen LogP contribution in [0.3, 0.4) is 0 Å². The fourth-order valence-corrected chi connectivity index (χ4v) is 4.39. The van der Waals surface area contributed by atoms with Crippen LogP contribution in [-0.2, 0) is 0 Å². The second-order valence-electron chi connectivity index (χ2n) is 9.16. The number of rotatable bonds is 5. The molecule has 3 heterocycles. The SMILES string of the molecule is Cc1cccc(-c2cccc(-c3nc(-c4ccccc4)nc(-c4cccc(-c5cccc(C)n5)c4)n3)c2)n1. The highest BCUT2D eigenvalue weighted by atomic mass is 15.0. The lowest BCUT2D eigenvalue weighted by atomic mass is 10.1. The molecule has 5 heteroatoms. The van der Waals surface area contributed by atoms with Gasteiger partial charge in [-0.1, -0.05) is 78.9 Å². The van der Waals surface area contributed by atoms with Crippen LogP contribution in [0.2, 0.25) is 0 Å². The van der Waals surface area contributed by atoms with Crippen molar-refractivity contribution in [2.24, 2.45) is 0 Å². The van der Waals surface area contributed by atoms with Crippen LogP contribution < -0.4 is 0 Å². The molecule has 0 spiro atoms. The molecule has 0 bridgehead atoms. The van der Waals surface area contributed by atoms with Crippen LogP contribution in [-0.4, -0.2) is 24.9 Å². The number of aromatic nitrogens is 5. The maximum atomic E-state index is 4.94. The highest BCUT2D eigenvalue weighted by molar-refractivity contribution is 5.73. The monoisotopic (exact) mass is 491 g/mol. The molecule has 0 unspecified atom stereocenters. The van der Waals surface area contributed by atoms with E-state index in [9.17, 15) is 0 Å². The van der Waals surface area contributed by atoms with E-state index in [4.69, 9.17) is 24.9 Å². The van der Waals surface area contributed by atoms with Crippen molar-refractivity contribution in [3.8, 4) is 56.7 Å². The third-order valence-corrected chi connectivity index (χ3v) is 6.28. The summed E-state index contributed by atoms with van der Waals surface area (Å²) in [5.41, 5.74) is 8.57. The molecule has 0 atom stereocenters. The van der Waals surface area contributed by atoms with Gasteiger partial charge in [-0.15, -0.1) is 0 Å². The van der Waals surface area contributed by atoms with E-state index in [2.05, 4.69) is 24.3 Å². The summed E-state index contributed by atoms with van der Waals surface area (Å²) in [6.45, 7) is 4.00. The zero-order valence-corrected chi connectivity index (χ0v) is 21.2. The third-order valence-electron chi connectivity index (χ3n) is 6.28. The second-order valence-corrected chi connectivity index (χ2v) is 9.16. The molecule has 5 nitrogen and oxygen atoms in total. The molecule has 0 saturated heterocycles. The van der Waals surface area contributed by atoms with E-state index in [0.29, 0.717) is 17.5 Å². The Kier molecular flexibility index (Phi) is 6.24. The molecular weight excluding hydrogens is 466 g/mol. The minimum Gasteiger partial charge on any atom is -0.253 e. The minimum atomic E-state index is 0.613. The first-order valence-corrected chi connectivity index (χ1v) is 12.5. The van der Waals surface area contributed by atoms with Crippen molar-refractivity contribution >= 4 is 0 Å². The van der Waals surface area contributed by atoms with Crippen molar-refractivity contribution < 1.29 is 0 Å². The van der Waals surface area contributed by atoms with Gasteiger partial charge in [0.25, 0.3) is 0 Å². The van der Waals surface area contributed by atoms with Crippen molar-refractivity contribution in [1.29, 1.82) is 0 Å². The second kappa shape index (κ2) is 10.1. The minimum absolute atomic E-state index is 0.613. The van der Waals surface area contributed by atoms with Crippen LogP contribution in [0.4, 0.5) is 0 Å². The topological polar surface area (TPSA) is 64.5 Å². The smallest absolute Gasteiger partial charge is 0.164 e. The molecule has 38 heavy (non-hydrogen) atoms. The van der Waals surface area contributed by atoms with Crippen LogP contribution in [0.5, 0.6) is 0 Å². The van der Waals surface area contributed by atoms with E-state index >= 15 is 0 Å². The summed E-state index contributed by atoms with van der Waals surface area (Å²) in [5, 5.41) is 0. The molecule has 0 fully saturated rings. The molecule has 0 aliphatic heterocycles. The highest BCUT2D eigenvalue weighted by Crippen LogP contribution is 2.29. The van der Waals surface area contributed by atoms with Gasteiger partial charge in [-0.25, -0.2) is 15.0 Å². The number of aryl methyl sites for hydroxylation is 2. The molecule has 0 amide bonds. The molecule has 3 aromatic heterocycles. The predicted octanol–water partition coefficient (Wildman–Crippen LogP) is 7.61. The van der Waals surface area contributed by atoms with Gasteiger partial charge in [-0.2, -0.15) is 0 Å². The number of nitrogens with zero attached hydrogens (tertiary/aromatic N) is 5. The van der Waals surface area contributed by atoms with Crippen molar-refractivity contribution in [3.63, 3.8) is 0 Å². The van der Waals surface area contributed by atoms with Crippen molar-refractivity contribution in [3.05, 3.63) is 127 Å². The summed E-state index contributed by atoms with van der Waals surface area (Å²) in [7, 11) is 0. The average molecular weight is 492 g/mol. The van der Waals surface area contributed by atoms with Gasteiger partial charge in [-0.3, -0.25) is 9.97 Å². The lowest BCUT2D eigenvalue weighted by Gasteiger charge is -2.10. The van der Waals surface area contributed by atoms with Crippen LogP contribution in [0.1, 0.15) is 11.4 Å². The first kappa shape index (κ1) is 23.4. The molecule has 0 radical (unpaired) electrons. The van der Waals surface area contributed by atoms with Crippen molar-refractivity contribution in [1.82, 2.24) is 24.9 Å². The Morgan fingerprint density at radius 2 is 0.737 bits per heavy atom. The number of hydrogen-bond donors (Lipinski definition) is 0. The van der Waals surface area contributed by atoms with Gasteiger partial charge in [-0.05, 0) is 50.2 Å². The summed E-state index contributed by atoms with van der Waals surface area (Å²) in [4.78, 5) is 24.1. The normalized spacial score (nSPS) is 10.9. The predicted molar refractivity (Wildman–Crippen MR) is 152 cm³/mol. The number of hydrogen-bond acceptors (Lipinski definition) is 5. The molecule has 0 aliphatic rings. The number of benzene rings is 3. The summed E-state index contributed by atoms with van der Waals surface area (Å²) >= 11 is 0. The standard InChI is InChI=1S/C33H25N5/c1-22-10-6-18-29(34-22)25-14-8-16-27(20-25)32-36-31(24-12-4-3-5-13-24)37-33(38-32)28-17-9-15-26(21-28)30-19-7-11-23(2)35-30/h3-21H,1-2H3. The van der Waals surface area contributed by atoms with Crippen LogP contribution in [0.25, 0.3) is 56.7 Å². The Bertz CT molecular complexity index is 1640. The lowest BCUT2D eigenvalue weighted by molar-refractivity contribution is 1.07. The van der Waals surface area contributed by atoms with Gasteiger partial charge < -0.3 is 0 Å². The third kappa shape index (κ3) is 4.95. The van der Waals surface area contributed by atoms with E-state index in [1.165, 1.54) is 0 Å². The van der Waals surface area contributed by atoms with Crippen molar-refractivity contribution in [2.45, 2.75) is 13.8 Å². The molecule has 3 aromatic carbocycles. The zero-order chi connectivity index (χ0) is 25.9. The van der Waals surface area contributed by atoms with E-state index in [-0.39, 0.29) is 0 Å². The first-order valence-electron chi connectivity index (χ1n) is 12.5. The Hall–Kier alpha value is -5.03. The van der Waals surface area contributed by atoms with E-state index < -0.39 is 0 Å². The zero-order valence-electron chi connectivity index (χ0n) is 21.2. The van der Waals surface area contributed by atoms with Crippen LogP contribution >= 0.6 is 0 Å². The fraction of sp³-hybridized carbons (Fsp3) is 0.0606. The molecule has 6 aromatic rings.